The summed E-state index contributed by atoms with van der Waals surface area (Å²) in [5.41, 5.74) is 8.46. The number of rotatable bonds is 5. The number of nitrogens with one attached hydrogen (secondary N) is 1. The van der Waals surface area contributed by atoms with Gasteiger partial charge in [-0.1, -0.05) is 40.1 Å². The number of carboxylic acid groups (broad SMARTS) is 1. The van der Waals surface area contributed by atoms with Crippen molar-refractivity contribution < 1.29 is 37.5 Å². The number of nitrogens with zero attached hydrogens (tertiary/aromatic N) is 7. The maximum atomic E-state index is 12.1. The standard InChI is InChI=1S/C12H8F3N5O2.C8H10N2O.C5H6N2O2/c1-6-16-10(19-18-6)11-17-9(20-22-11)7-2-4-8(5-3-7)21-12(13,14)15;1-6-2-4-7(5-3-6)8(9)10-11;1-3-2-6-4(7-3)5(8)9/h2-5H,1H3,(H,16,18,19);2-5,11H,1H3,(H2,9,10);2H2,1H3,(H,8,9). The lowest BCUT2D eigenvalue weighted by Crippen LogP contribution is -2.16. The van der Waals surface area contributed by atoms with Crippen LogP contribution in [-0.2, 0) is 4.79 Å². The number of hydrogen-bond acceptors (Lipinski definition) is 11. The summed E-state index contributed by atoms with van der Waals surface area (Å²) < 4.78 is 45.0. The Morgan fingerprint density at radius 2 is 1.71 bits per heavy atom. The van der Waals surface area contributed by atoms with Crippen LogP contribution in [0.2, 0.25) is 0 Å². The molecular weight excluding hydrogens is 563 g/mol. The minimum atomic E-state index is -4.73. The van der Waals surface area contributed by atoms with Crippen LogP contribution in [0.5, 0.6) is 5.75 Å². The molecule has 0 radical (unpaired) electrons. The molecule has 0 unspecified atom stereocenters. The van der Waals surface area contributed by atoms with Gasteiger partial charge in [0, 0.05) is 16.8 Å². The van der Waals surface area contributed by atoms with Crippen molar-refractivity contribution in [1.82, 2.24) is 25.3 Å². The highest BCUT2D eigenvalue weighted by Gasteiger charge is 2.31. The monoisotopic (exact) mass is 587 g/mol. The number of oxime groups is 1. The normalized spacial score (nSPS) is 12.8. The SMILES string of the molecule is CC1=NC(C(=O)O)=NC1.Cc1ccc(/C(N)=N/O)cc1.Cc1nc(-c2nc(-c3ccc(OC(F)(F)F)cc3)no2)n[nH]1. The fourth-order valence-corrected chi connectivity index (χ4v) is 3.01. The van der Waals surface area contributed by atoms with Gasteiger partial charge in [-0.05, 0) is 45.0 Å². The molecule has 1 aliphatic rings. The average Bonchev–Trinajstić information content (AvgIpc) is 3.70. The zero-order chi connectivity index (χ0) is 30.9. The number of H-pyrrole nitrogens is 1. The van der Waals surface area contributed by atoms with Crippen molar-refractivity contribution >= 4 is 23.4 Å². The van der Waals surface area contributed by atoms with Crippen LogP contribution in [-0.4, -0.2) is 71.9 Å². The fourth-order valence-electron chi connectivity index (χ4n) is 3.01. The molecule has 0 spiro atoms. The zero-order valence-electron chi connectivity index (χ0n) is 22.3. The van der Waals surface area contributed by atoms with Gasteiger partial charge in [0.2, 0.25) is 17.5 Å². The van der Waals surface area contributed by atoms with Gasteiger partial charge >= 0.3 is 12.3 Å². The highest BCUT2D eigenvalue weighted by atomic mass is 19.4. The predicted molar refractivity (Wildman–Crippen MR) is 143 cm³/mol. The Morgan fingerprint density at radius 3 is 2.19 bits per heavy atom. The number of aliphatic imine (C=N–C) groups is 2. The van der Waals surface area contributed by atoms with E-state index in [2.05, 4.69) is 45.2 Å². The van der Waals surface area contributed by atoms with Crippen LogP contribution in [0.3, 0.4) is 0 Å². The van der Waals surface area contributed by atoms with Crippen LogP contribution in [0.25, 0.3) is 23.1 Å². The number of carbonyl (C=O) groups is 1. The molecule has 2 aromatic heterocycles. The van der Waals surface area contributed by atoms with Gasteiger partial charge in [0.1, 0.15) is 11.6 Å². The van der Waals surface area contributed by atoms with Crippen molar-refractivity contribution in [2.75, 3.05) is 6.54 Å². The Balaban J connectivity index is 0.000000201. The molecule has 17 heteroatoms. The van der Waals surface area contributed by atoms with Gasteiger partial charge in [-0.3, -0.25) is 10.1 Å². The lowest BCUT2D eigenvalue weighted by Gasteiger charge is -2.08. The summed E-state index contributed by atoms with van der Waals surface area (Å²) in [5, 5.41) is 29.7. The second-order valence-corrected chi connectivity index (χ2v) is 8.38. The van der Waals surface area contributed by atoms with Crippen LogP contribution in [0.4, 0.5) is 13.2 Å². The number of carboxylic acids is 1. The average molecular weight is 588 g/mol. The Hall–Kier alpha value is -5.61. The van der Waals surface area contributed by atoms with Gasteiger partial charge in [0.05, 0.1) is 6.54 Å². The number of aryl methyl sites for hydroxylation is 2. The Morgan fingerprint density at radius 1 is 1.05 bits per heavy atom. The molecule has 220 valence electrons. The minimum absolute atomic E-state index is 0.0764. The van der Waals surface area contributed by atoms with Gasteiger partial charge in [-0.15, -0.1) is 18.3 Å². The number of aromatic amines is 1. The molecule has 4 aromatic rings. The van der Waals surface area contributed by atoms with E-state index in [1.54, 1.807) is 13.8 Å². The third-order valence-corrected chi connectivity index (χ3v) is 4.96. The van der Waals surface area contributed by atoms with E-state index in [9.17, 15) is 18.0 Å². The van der Waals surface area contributed by atoms with E-state index in [1.807, 2.05) is 31.2 Å². The van der Waals surface area contributed by atoms with Crippen LogP contribution in [0.1, 0.15) is 23.9 Å². The molecule has 14 nitrogen and oxygen atoms in total. The first-order chi connectivity index (χ1) is 19.8. The second-order valence-electron chi connectivity index (χ2n) is 8.38. The highest BCUT2D eigenvalue weighted by Crippen LogP contribution is 2.26. The van der Waals surface area contributed by atoms with Crippen molar-refractivity contribution in [3.8, 4) is 28.9 Å². The first-order valence-corrected chi connectivity index (χ1v) is 11.8. The molecule has 0 fully saturated rings. The third-order valence-electron chi connectivity index (χ3n) is 4.96. The van der Waals surface area contributed by atoms with E-state index in [4.69, 9.17) is 20.6 Å². The molecule has 5 rings (SSSR count). The predicted octanol–water partition coefficient (Wildman–Crippen LogP) is 3.76. The molecule has 0 saturated heterocycles. The quantitative estimate of drug-likeness (QED) is 0.115. The summed E-state index contributed by atoms with van der Waals surface area (Å²) in [5.74, 6) is -0.170. The van der Waals surface area contributed by atoms with Gasteiger partial charge < -0.3 is 25.3 Å². The van der Waals surface area contributed by atoms with E-state index in [-0.39, 0.29) is 35.0 Å². The van der Waals surface area contributed by atoms with E-state index in [1.165, 1.54) is 12.1 Å². The Kier molecular flexibility index (Phi) is 10.0. The molecule has 0 amide bonds. The van der Waals surface area contributed by atoms with Crippen LogP contribution in [0, 0.1) is 13.8 Å². The summed E-state index contributed by atoms with van der Waals surface area (Å²) in [4.78, 5) is 25.5. The van der Waals surface area contributed by atoms with Crippen molar-refractivity contribution in [2.45, 2.75) is 27.1 Å². The van der Waals surface area contributed by atoms with E-state index < -0.39 is 12.3 Å². The van der Waals surface area contributed by atoms with E-state index in [0.717, 1.165) is 29.0 Å². The number of halogens is 3. The number of aliphatic carboxylic acids is 1. The van der Waals surface area contributed by atoms with Gasteiger partial charge in [0.25, 0.3) is 5.89 Å². The van der Waals surface area contributed by atoms with E-state index >= 15 is 0 Å². The highest BCUT2D eigenvalue weighted by molar-refractivity contribution is 6.38. The number of hydrogen-bond donors (Lipinski definition) is 4. The molecule has 3 heterocycles. The van der Waals surface area contributed by atoms with Gasteiger partial charge in [-0.2, -0.15) is 4.98 Å². The van der Waals surface area contributed by atoms with Crippen molar-refractivity contribution in [3.63, 3.8) is 0 Å². The summed E-state index contributed by atoms with van der Waals surface area (Å²) in [6.45, 7) is 5.88. The van der Waals surface area contributed by atoms with Crippen molar-refractivity contribution in [3.05, 3.63) is 65.5 Å². The number of benzene rings is 2. The Labute approximate surface area is 235 Å². The largest absolute Gasteiger partial charge is 0.573 e. The Bertz CT molecular complexity index is 1590. The molecule has 0 saturated carbocycles. The fraction of sp³-hybridized carbons (Fsp3) is 0.200. The lowest BCUT2D eigenvalue weighted by atomic mass is 10.1. The lowest BCUT2D eigenvalue weighted by molar-refractivity contribution is -0.274. The molecule has 1 aliphatic heterocycles. The molecule has 0 bridgehead atoms. The smallest absolute Gasteiger partial charge is 0.475 e. The summed E-state index contributed by atoms with van der Waals surface area (Å²) >= 11 is 0. The topological polar surface area (TPSA) is 210 Å². The number of aromatic nitrogens is 5. The van der Waals surface area contributed by atoms with E-state index in [0.29, 0.717) is 17.9 Å². The van der Waals surface area contributed by atoms with Crippen LogP contribution < -0.4 is 10.5 Å². The molecular formula is C25H24F3N9O5. The zero-order valence-corrected chi connectivity index (χ0v) is 22.3. The number of amidine groups is 2. The second kappa shape index (κ2) is 13.6. The summed E-state index contributed by atoms with van der Waals surface area (Å²) in [6.07, 6.45) is -4.73. The molecule has 5 N–H and O–H groups in total. The number of nitrogens with two attached hydrogens (primary N) is 1. The minimum Gasteiger partial charge on any atom is -0.475 e. The summed E-state index contributed by atoms with van der Waals surface area (Å²) in [7, 11) is 0. The third kappa shape index (κ3) is 9.25. The van der Waals surface area contributed by atoms with Gasteiger partial charge in [-0.25, -0.2) is 14.8 Å². The molecule has 0 atom stereocenters. The molecule has 42 heavy (non-hydrogen) atoms. The first-order valence-electron chi connectivity index (χ1n) is 11.8. The first kappa shape index (κ1) is 30.9. The van der Waals surface area contributed by atoms with Crippen molar-refractivity contribution in [2.24, 2.45) is 20.9 Å². The number of ether oxygens (including phenoxy) is 1. The van der Waals surface area contributed by atoms with Gasteiger partial charge in [0.15, 0.2) is 5.84 Å². The molecule has 0 aliphatic carbocycles. The van der Waals surface area contributed by atoms with Crippen LogP contribution >= 0.6 is 0 Å². The maximum Gasteiger partial charge on any atom is 0.573 e. The maximum absolute atomic E-state index is 12.1. The summed E-state index contributed by atoms with van der Waals surface area (Å²) in [6, 6.07) is 12.5. The van der Waals surface area contributed by atoms with Crippen molar-refractivity contribution in [1.29, 1.82) is 0 Å². The molecule has 2 aromatic carbocycles. The van der Waals surface area contributed by atoms with Crippen LogP contribution in [0.15, 0.2) is 68.2 Å². The number of alkyl halides is 3.